The van der Waals surface area contributed by atoms with Crippen LogP contribution in [-0.4, -0.2) is 26.3 Å². The van der Waals surface area contributed by atoms with Crippen molar-refractivity contribution in [1.82, 2.24) is 19.2 Å². The Morgan fingerprint density at radius 2 is 1.77 bits per heavy atom. The average molecular weight is 396 g/mol. The molecule has 0 radical (unpaired) electrons. The number of ether oxygens (including phenoxy) is 1. The first-order valence-corrected chi connectivity index (χ1v) is 9.72. The fourth-order valence-corrected chi connectivity index (χ4v) is 3.90. The number of nitrogens with zero attached hydrogens (tertiary/aromatic N) is 4. The van der Waals surface area contributed by atoms with Gasteiger partial charge in [-0.2, -0.15) is 5.10 Å². The molecule has 0 N–H and O–H groups in total. The van der Waals surface area contributed by atoms with E-state index in [1.54, 1.807) is 28.6 Å². The molecule has 6 nitrogen and oxygen atoms in total. The van der Waals surface area contributed by atoms with E-state index in [9.17, 15) is 4.79 Å². The Hall–Kier alpha value is -3.93. The Bertz CT molecular complexity index is 1430. The lowest BCUT2D eigenvalue weighted by Crippen LogP contribution is -2.21. The van der Waals surface area contributed by atoms with Gasteiger partial charge in [-0.05, 0) is 24.6 Å². The Morgan fingerprint density at radius 3 is 2.57 bits per heavy atom. The minimum absolute atomic E-state index is 0.109. The molecular weight excluding hydrogens is 376 g/mol. The topological polar surface area (TPSA) is 61.4 Å². The highest BCUT2D eigenvalue weighted by Crippen LogP contribution is 2.28. The standard InChI is InChI=1S/C24H20N4O2/c1-16-22(17-8-4-3-5-9-17)23-25-14-19-20(28(23)26-16)12-13-27(24(19)29)15-18-10-6-7-11-21(18)30-2/h3-14H,15H2,1-2H3. The first-order valence-electron chi connectivity index (χ1n) is 9.72. The highest BCUT2D eigenvalue weighted by atomic mass is 16.5. The molecule has 3 aromatic heterocycles. The lowest BCUT2D eigenvalue weighted by molar-refractivity contribution is 0.408. The summed E-state index contributed by atoms with van der Waals surface area (Å²) in [6.07, 6.45) is 3.45. The van der Waals surface area contributed by atoms with E-state index in [0.29, 0.717) is 11.9 Å². The van der Waals surface area contributed by atoms with E-state index in [-0.39, 0.29) is 5.56 Å². The number of hydrogen-bond donors (Lipinski definition) is 0. The van der Waals surface area contributed by atoms with E-state index in [1.165, 1.54) is 0 Å². The van der Waals surface area contributed by atoms with Gasteiger partial charge >= 0.3 is 0 Å². The number of fused-ring (bicyclic) bond motifs is 3. The van der Waals surface area contributed by atoms with Gasteiger partial charge in [0.1, 0.15) is 5.75 Å². The minimum atomic E-state index is -0.109. The van der Waals surface area contributed by atoms with Gasteiger partial charge in [0.25, 0.3) is 5.56 Å². The number of para-hydroxylation sites is 1. The third kappa shape index (κ3) is 2.85. The summed E-state index contributed by atoms with van der Waals surface area (Å²) >= 11 is 0. The van der Waals surface area contributed by atoms with Crippen LogP contribution in [-0.2, 0) is 6.54 Å². The summed E-state index contributed by atoms with van der Waals surface area (Å²) in [6, 6.07) is 19.7. The normalized spacial score (nSPS) is 11.3. The number of methoxy groups -OCH3 is 1. The van der Waals surface area contributed by atoms with Crippen molar-refractivity contribution < 1.29 is 4.74 Å². The Morgan fingerprint density at radius 1 is 1.00 bits per heavy atom. The van der Waals surface area contributed by atoms with Gasteiger partial charge in [-0.3, -0.25) is 4.79 Å². The molecule has 0 aliphatic heterocycles. The van der Waals surface area contributed by atoms with E-state index in [0.717, 1.165) is 39.3 Å². The van der Waals surface area contributed by atoms with Crippen LogP contribution in [0.4, 0.5) is 0 Å². The monoisotopic (exact) mass is 396 g/mol. The molecule has 5 rings (SSSR count). The van der Waals surface area contributed by atoms with Crippen LogP contribution in [0, 0.1) is 6.92 Å². The van der Waals surface area contributed by atoms with Crippen LogP contribution in [0.3, 0.4) is 0 Å². The molecule has 0 atom stereocenters. The van der Waals surface area contributed by atoms with Crippen LogP contribution in [0.1, 0.15) is 11.3 Å². The molecular formula is C24H20N4O2. The van der Waals surface area contributed by atoms with Crippen LogP contribution in [0.25, 0.3) is 27.7 Å². The summed E-state index contributed by atoms with van der Waals surface area (Å²) in [5.74, 6) is 0.758. The molecule has 0 aliphatic rings. The zero-order valence-electron chi connectivity index (χ0n) is 16.7. The van der Waals surface area contributed by atoms with Crippen molar-refractivity contribution >= 4 is 16.6 Å². The second-order valence-electron chi connectivity index (χ2n) is 7.18. The molecule has 6 heteroatoms. The summed E-state index contributed by atoms with van der Waals surface area (Å²) in [4.78, 5) is 17.8. The molecule has 0 spiro atoms. The zero-order chi connectivity index (χ0) is 20.7. The molecule has 5 aromatic rings. The smallest absolute Gasteiger partial charge is 0.261 e. The highest BCUT2D eigenvalue weighted by molar-refractivity contribution is 5.86. The van der Waals surface area contributed by atoms with Gasteiger partial charge < -0.3 is 9.30 Å². The van der Waals surface area contributed by atoms with Crippen LogP contribution in [0.5, 0.6) is 5.75 Å². The Kier molecular flexibility index (Phi) is 4.32. The summed E-state index contributed by atoms with van der Waals surface area (Å²) in [5.41, 5.74) is 5.23. The first-order chi connectivity index (χ1) is 14.7. The zero-order valence-corrected chi connectivity index (χ0v) is 16.7. The van der Waals surface area contributed by atoms with E-state index >= 15 is 0 Å². The van der Waals surface area contributed by atoms with Crippen LogP contribution >= 0.6 is 0 Å². The summed E-state index contributed by atoms with van der Waals surface area (Å²) in [5, 5.41) is 5.22. The van der Waals surface area contributed by atoms with Crippen LogP contribution in [0.2, 0.25) is 0 Å². The molecule has 3 heterocycles. The maximum absolute atomic E-state index is 13.2. The van der Waals surface area contributed by atoms with Gasteiger partial charge in [-0.25, -0.2) is 9.50 Å². The lowest BCUT2D eigenvalue weighted by Gasteiger charge is -2.11. The van der Waals surface area contributed by atoms with Gasteiger partial charge in [0.15, 0.2) is 5.65 Å². The maximum Gasteiger partial charge on any atom is 0.261 e. The average Bonchev–Trinajstić information content (AvgIpc) is 3.12. The number of pyridine rings is 1. The van der Waals surface area contributed by atoms with E-state index in [4.69, 9.17) is 4.74 Å². The fraction of sp³-hybridized carbons (Fsp3) is 0.125. The van der Waals surface area contributed by atoms with Crippen molar-refractivity contribution in [3.05, 3.63) is 94.7 Å². The SMILES string of the molecule is COc1ccccc1Cn1ccc2c(cnc3c(-c4ccccc4)c(C)nn32)c1=O. The van der Waals surface area contributed by atoms with Gasteiger partial charge in [0, 0.05) is 23.5 Å². The van der Waals surface area contributed by atoms with E-state index in [2.05, 4.69) is 10.1 Å². The number of aryl methyl sites for hydroxylation is 1. The summed E-state index contributed by atoms with van der Waals surface area (Å²) in [7, 11) is 1.63. The predicted octanol–water partition coefficient (Wildman–Crippen LogP) is 4.08. The Balaban J connectivity index is 1.67. The van der Waals surface area contributed by atoms with Gasteiger partial charge in [-0.15, -0.1) is 0 Å². The third-order valence-corrected chi connectivity index (χ3v) is 5.36. The molecule has 148 valence electrons. The van der Waals surface area contributed by atoms with Gasteiger partial charge in [0.2, 0.25) is 0 Å². The van der Waals surface area contributed by atoms with Crippen molar-refractivity contribution in [2.45, 2.75) is 13.5 Å². The molecule has 0 aliphatic carbocycles. The molecule has 2 aromatic carbocycles. The number of rotatable bonds is 4. The van der Waals surface area contributed by atoms with Crippen molar-refractivity contribution in [2.24, 2.45) is 0 Å². The van der Waals surface area contributed by atoms with Crippen molar-refractivity contribution in [3.8, 4) is 16.9 Å². The predicted molar refractivity (Wildman–Crippen MR) is 117 cm³/mol. The number of hydrogen-bond acceptors (Lipinski definition) is 4. The third-order valence-electron chi connectivity index (χ3n) is 5.36. The molecule has 0 bridgehead atoms. The molecule has 0 unspecified atom stereocenters. The maximum atomic E-state index is 13.2. The van der Waals surface area contributed by atoms with Crippen LogP contribution < -0.4 is 10.3 Å². The fourth-order valence-electron chi connectivity index (χ4n) is 3.90. The van der Waals surface area contributed by atoms with Gasteiger partial charge in [-0.1, -0.05) is 48.5 Å². The van der Waals surface area contributed by atoms with E-state index in [1.807, 2.05) is 67.6 Å². The largest absolute Gasteiger partial charge is 0.496 e. The molecule has 0 amide bonds. The second kappa shape index (κ2) is 7.15. The minimum Gasteiger partial charge on any atom is -0.496 e. The van der Waals surface area contributed by atoms with Crippen molar-refractivity contribution in [3.63, 3.8) is 0 Å². The van der Waals surface area contributed by atoms with Gasteiger partial charge in [0.05, 0.1) is 30.3 Å². The number of aromatic nitrogens is 4. The quantitative estimate of drug-likeness (QED) is 0.459. The highest BCUT2D eigenvalue weighted by Gasteiger charge is 2.16. The number of benzene rings is 2. The van der Waals surface area contributed by atoms with Crippen LogP contribution in [0.15, 0.2) is 77.9 Å². The Labute approximate surface area is 173 Å². The molecule has 0 saturated heterocycles. The van der Waals surface area contributed by atoms with E-state index < -0.39 is 0 Å². The van der Waals surface area contributed by atoms with Crippen molar-refractivity contribution in [2.75, 3.05) is 7.11 Å². The molecule has 30 heavy (non-hydrogen) atoms. The molecule has 0 saturated carbocycles. The summed E-state index contributed by atoms with van der Waals surface area (Å²) in [6.45, 7) is 2.38. The lowest BCUT2D eigenvalue weighted by atomic mass is 10.1. The second-order valence-corrected chi connectivity index (χ2v) is 7.18. The van der Waals surface area contributed by atoms with Crippen molar-refractivity contribution in [1.29, 1.82) is 0 Å². The summed E-state index contributed by atoms with van der Waals surface area (Å²) < 4.78 is 8.85. The first kappa shape index (κ1) is 18.1. The molecule has 0 fully saturated rings.